The molecule has 0 saturated carbocycles. The van der Waals surface area contributed by atoms with Crippen molar-refractivity contribution >= 4 is 5.96 Å². The van der Waals surface area contributed by atoms with Gasteiger partial charge in [0.05, 0.1) is 13.7 Å². The van der Waals surface area contributed by atoms with E-state index < -0.39 is 0 Å². The number of hydrogen-bond acceptors (Lipinski definition) is 3. The van der Waals surface area contributed by atoms with E-state index in [4.69, 9.17) is 4.74 Å². The van der Waals surface area contributed by atoms with Crippen LogP contribution >= 0.6 is 0 Å². The minimum Gasteiger partial charge on any atom is -0.504 e. The van der Waals surface area contributed by atoms with E-state index in [1.54, 1.807) is 12.1 Å². The van der Waals surface area contributed by atoms with Crippen LogP contribution in [0.1, 0.15) is 25.3 Å². The summed E-state index contributed by atoms with van der Waals surface area (Å²) in [5.41, 5.74) is 0.940. The van der Waals surface area contributed by atoms with Gasteiger partial charge < -0.3 is 20.5 Å². The van der Waals surface area contributed by atoms with Crippen LogP contribution < -0.4 is 15.4 Å². The zero-order valence-corrected chi connectivity index (χ0v) is 12.6. The van der Waals surface area contributed by atoms with Gasteiger partial charge in [-0.15, -0.1) is 0 Å². The zero-order valence-electron chi connectivity index (χ0n) is 12.6. The van der Waals surface area contributed by atoms with Gasteiger partial charge in [0.15, 0.2) is 17.5 Å². The number of aromatic hydroxyl groups is 1. The van der Waals surface area contributed by atoms with Crippen LogP contribution in [-0.4, -0.2) is 30.8 Å². The summed E-state index contributed by atoms with van der Waals surface area (Å²) >= 11 is 0. The van der Waals surface area contributed by atoms with Crippen LogP contribution in [0.15, 0.2) is 35.3 Å². The molecule has 1 aromatic rings. The third kappa shape index (κ3) is 4.41. The molecule has 21 heavy (non-hydrogen) atoms. The Hall–Kier alpha value is -2.17. The predicted octanol–water partition coefficient (Wildman–Crippen LogP) is 2.17. The Morgan fingerprint density at radius 2 is 2.14 bits per heavy atom. The quantitative estimate of drug-likeness (QED) is 0.441. The van der Waals surface area contributed by atoms with Crippen molar-refractivity contribution in [3.8, 4) is 11.5 Å². The fraction of sp³-hybridized carbons (Fsp3) is 0.438. The number of nitrogens with one attached hydrogen (secondary N) is 2. The number of rotatable bonds is 5. The highest BCUT2D eigenvalue weighted by Crippen LogP contribution is 2.26. The molecule has 0 aromatic heterocycles. The van der Waals surface area contributed by atoms with Crippen LogP contribution in [0, 0.1) is 0 Å². The third-order valence-electron chi connectivity index (χ3n) is 3.36. The molecule has 0 unspecified atom stereocenters. The van der Waals surface area contributed by atoms with Crippen molar-refractivity contribution in [3.05, 3.63) is 35.9 Å². The summed E-state index contributed by atoms with van der Waals surface area (Å²) in [6.45, 7) is 3.37. The van der Waals surface area contributed by atoms with E-state index in [1.165, 1.54) is 7.11 Å². The van der Waals surface area contributed by atoms with Gasteiger partial charge in [-0.2, -0.15) is 0 Å². The minimum absolute atomic E-state index is 0.142. The second-order valence-electron chi connectivity index (χ2n) is 4.99. The highest BCUT2D eigenvalue weighted by Gasteiger charge is 2.11. The maximum absolute atomic E-state index is 9.78. The molecule has 114 valence electrons. The number of ether oxygens (including phenoxy) is 1. The average molecular weight is 289 g/mol. The van der Waals surface area contributed by atoms with E-state index in [-0.39, 0.29) is 5.75 Å². The fourth-order valence-corrected chi connectivity index (χ4v) is 2.25. The van der Waals surface area contributed by atoms with Gasteiger partial charge in [0.1, 0.15) is 0 Å². The van der Waals surface area contributed by atoms with Crippen LogP contribution in [-0.2, 0) is 6.54 Å². The molecule has 0 aliphatic heterocycles. The normalized spacial score (nSPS) is 15.2. The van der Waals surface area contributed by atoms with Gasteiger partial charge in [-0.25, -0.2) is 4.99 Å². The number of hydrogen-bond donors (Lipinski definition) is 3. The maximum atomic E-state index is 9.78. The first kappa shape index (κ1) is 15.2. The Bertz CT molecular complexity index is 518. The second-order valence-corrected chi connectivity index (χ2v) is 4.99. The summed E-state index contributed by atoms with van der Waals surface area (Å²) in [4.78, 5) is 4.56. The molecule has 3 N–H and O–H groups in total. The van der Waals surface area contributed by atoms with Gasteiger partial charge in [-0.1, -0.05) is 18.2 Å². The molecule has 1 aliphatic carbocycles. The molecule has 5 nitrogen and oxygen atoms in total. The summed E-state index contributed by atoms with van der Waals surface area (Å²) in [5.74, 6) is 1.43. The molecule has 2 rings (SSSR count). The lowest BCUT2D eigenvalue weighted by Crippen LogP contribution is -2.42. The minimum atomic E-state index is 0.142. The third-order valence-corrected chi connectivity index (χ3v) is 3.36. The molecular weight excluding hydrogens is 266 g/mol. The lowest BCUT2D eigenvalue weighted by atomic mass is 10.2. The molecule has 1 aromatic carbocycles. The second kappa shape index (κ2) is 7.57. The van der Waals surface area contributed by atoms with Gasteiger partial charge in [-0.05, 0) is 37.5 Å². The first-order valence-electron chi connectivity index (χ1n) is 7.28. The topological polar surface area (TPSA) is 65.9 Å². The molecule has 0 fully saturated rings. The Kier molecular flexibility index (Phi) is 5.49. The molecule has 0 saturated heterocycles. The summed E-state index contributed by atoms with van der Waals surface area (Å²) in [7, 11) is 1.54. The van der Waals surface area contributed by atoms with Crippen LogP contribution in [0.4, 0.5) is 0 Å². The van der Waals surface area contributed by atoms with E-state index in [1.807, 2.05) is 13.0 Å². The number of methoxy groups -OCH3 is 1. The van der Waals surface area contributed by atoms with Crippen molar-refractivity contribution < 1.29 is 9.84 Å². The summed E-state index contributed by atoms with van der Waals surface area (Å²) in [6, 6.07) is 5.76. The molecular formula is C16H23N3O2. The van der Waals surface area contributed by atoms with Crippen molar-refractivity contribution in [2.45, 2.75) is 32.4 Å². The highest BCUT2D eigenvalue weighted by molar-refractivity contribution is 5.80. The molecule has 0 spiro atoms. The van der Waals surface area contributed by atoms with Crippen LogP contribution in [0.25, 0.3) is 0 Å². The first-order chi connectivity index (χ1) is 10.2. The van der Waals surface area contributed by atoms with Crippen molar-refractivity contribution in [1.29, 1.82) is 0 Å². The Labute approximate surface area is 125 Å². The number of aliphatic imine (C=N–C) groups is 1. The molecule has 0 atom stereocenters. The summed E-state index contributed by atoms with van der Waals surface area (Å²) in [5, 5.41) is 16.4. The molecule has 0 heterocycles. The van der Waals surface area contributed by atoms with Gasteiger partial charge in [0.2, 0.25) is 0 Å². The number of guanidine groups is 1. The monoisotopic (exact) mass is 289 g/mol. The van der Waals surface area contributed by atoms with E-state index >= 15 is 0 Å². The van der Waals surface area contributed by atoms with Crippen LogP contribution in [0.5, 0.6) is 11.5 Å². The average Bonchev–Trinajstić information content (AvgIpc) is 2.98. The van der Waals surface area contributed by atoms with Gasteiger partial charge >= 0.3 is 0 Å². The van der Waals surface area contributed by atoms with Crippen molar-refractivity contribution in [1.82, 2.24) is 10.6 Å². The van der Waals surface area contributed by atoms with Crippen molar-refractivity contribution in [3.63, 3.8) is 0 Å². The number of benzene rings is 1. The molecule has 1 aliphatic rings. The molecule has 0 radical (unpaired) electrons. The Morgan fingerprint density at radius 3 is 2.76 bits per heavy atom. The largest absolute Gasteiger partial charge is 0.504 e. The van der Waals surface area contributed by atoms with Crippen molar-refractivity contribution in [2.75, 3.05) is 13.7 Å². The fourth-order valence-electron chi connectivity index (χ4n) is 2.25. The maximum Gasteiger partial charge on any atom is 0.191 e. The van der Waals surface area contributed by atoms with E-state index in [0.717, 1.165) is 30.9 Å². The standard InChI is InChI=1S/C16H23N3O2/c1-3-17-16(19-13-6-4-5-7-13)18-11-12-8-9-15(21-2)14(20)10-12/h4-5,8-10,13,20H,3,6-7,11H2,1-2H3,(H2,17,18,19). The van der Waals surface area contributed by atoms with E-state index in [0.29, 0.717) is 18.3 Å². The SMILES string of the molecule is CCNC(=NCc1ccc(OC)c(O)c1)NC1CC=CC1. The lowest BCUT2D eigenvalue weighted by molar-refractivity contribution is 0.373. The Morgan fingerprint density at radius 1 is 1.38 bits per heavy atom. The number of nitrogens with zero attached hydrogens (tertiary/aromatic N) is 1. The Balaban J connectivity index is 1.99. The zero-order chi connectivity index (χ0) is 15.1. The predicted molar refractivity (Wildman–Crippen MR) is 84.8 cm³/mol. The van der Waals surface area contributed by atoms with Crippen molar-refractivity contribution in [2.24, 2.45) is 4.99 Å². The van der Waals surface area contributed by atoms with Crippen LogP contribution in [0.3, 0.4) is 0 Å². The van der Waals surface area contributed by atoms with Gasteiger partial charge in [-0.3, -0.25) is 0 Å². The highest BCUT2D eigenvalue weighted by atomic mass is 16.5. The smallest absolute Gasteiger partial charge is 0.191 e. The number of phenolic OH excluding ortho intramolecular Hbond substituents is 1. The van der Waals surface area contributed by atoms with Gasteiger partial charge in [0.25, 0.3) is 0 Å². The molecule has 0 amide bonds. The van der Waals surface area contributed by atoms with Crippen LogP contribution in [0.2, 0.25) is 0 Å². The summed E-state index contributed by atoms with van der Waals surface area (Å²) in [6.07, 6.45) is 6.44. The number of phenols is 1. The van der Waals surface area contributed by atoms with Gasteiger partial charge in [0, 0.05) is 12.6 Å². The molecule has 5 heteroatoms. The van der Waals surface area contributed by atoms with E-state index in [9.17, 15) is 5.11 Å². The molecule has 0 bridgehead atoms. The summed E-state index contributed by atoms with van der Waals surface area (Å²) < 4.78 is 5.04. The van der Waals surface area contributed by atoms with E-state index in [2.05, 4.69) is 27.8 Å². The first-order valence-corrected chi connectivity index (χ1v) is 7.28. The lowest BCUT2D eigenvalue weighted by Gasteiger charge is -2.16.